The number of carbonyl (C=O) groups is 2. The summed E-state index contributed by atoms with van der Waals surface area (Å²) >= 11 is 11.9. The molecule has 2 aromatic carbocycles. The standard InChI is InChI=1S/C17H14Cl2N2O3/c1-24-15-5-3-2-4-14(15)21-16(22)9-13(17(21)23)20-10-6-7-11(18)12(19)8-10/h2-8,13,20H,9H2,1H3/t13-/m0/s1. The van der Waals surface area contributed by atoms with Crippen molar-refractivity contribution in [1.82, 2.24) is 0 Å². The second-order valence-corrected chi connectivity index (χ2v) is 6.08. The summed E-state index contributed by atoms with van der Waals surface area (Å²) in [5.41, 5.74) is 1.06. The highest BCUT2D eigenvalue weighted by Gasteiger charge is 2.40. The van der Waals surface area contributed by atoms with E-state index in [4.69, 9.17) is 27.9 Å². The summed E-state index contributed by atoms with van der Waals surface area (Å²) in [6.07, 6.45) is 0.0527. The molecule has 0 aromatic heterocycles. The molecule has 7 heteroatoms. The largest absolute Gasteiger partial charge is 0.495 e. The minimum absolute atomic E-state index is 0.0527. The van der Waals surface area contributed by atoms with Crippen LogP contribution in [0.1, 0.15) is 6.42 Å². The summed E-state index contributed by atoms with van der Waals surface area (Å²) < 4.78 is 5.24. The maximum atomic E-state index is 12.7. The number of nitrogens with one attached hydrogen (secondary N) is 1. The predicted octanol–water partition coefficient (Wildman–Crippen LogP) is 3.75. The van der Waals surface area contributed by atoms with Gasteiger partial charge in [-0.25, -0.2) is 4.90 Å². The molecule has 5 nitrogen and oxygen atoms in total. The van der Waals surface area contributed by atoms with Crippen LogP contribution in [0.25, 0.3) is 0 Å². The quantitative estimate of drug-likeness (QED) is 0.839. The van der Waals surface area contributed by atoms with Crippen LogP contribution in [-0.2, 0) is 9.59 Å². The smallest absolute Gasteiger partial charge is 0.256 e. The zero-order chi connectivity index (χ0) is 17.3. The zero-order valence-electron chi connectivity index (χ0n) is 12.8. The lowest BCUT2D eigenvalue weighted by Gasteiger charge is -2.18. The van der Waals surface area contributed by atoms with Gasteiger partial charge in [-0.05, 0) is 30.3 Å². The first-order valence-corrected chi connectivity index (χ1v) is 7.98. The summed E-state index contributed by atoms with van der Waals surface area (Å²) in [6.45, 7) is 0. The van der Waals surface area contributed by atoms with Crippen LogP contribution in [0.3, 0.4) is 0 Å². The third-order valence-electron chi connectivity index (χ3n) is 3.73. The summed E-state index contributed by atoms with van der Waals surface area (Å²) in [4.78, 5) is 26.2. The number of rotatable bonds is 4. The van der Waals surface area contributed by atoms with E-state index in [1.807, 2.05) is 0 Å². The van der Waals surface area contributed by atoms with E-state index in [-0.39, 0.29) is 18.2 Å². The average Bonchev–Trinajstić information content (AvgIpc) is 2.85. The highest BCUT2D eigenvalue weighted by Crippen LogP contribution is 2.33. The first-order valence-electron chi connectivity index (χ1n) is 7.22. The van der Waals surface area contributed by atoms with E-state index in [1.165, 1.54) is 7.11 Å². The van der Waals surface area contributed by atoms with Crippen LogP contribution in [-0.4, -0.2) is 25.0 Å². The Kier molecular flexibility index (Phi) is 4.64. The predicted molar refractivity (Wildman–Crippen MR) is 94.0 cm³/mol. The van der Waals surface area contributed by atoms with Crippen LogP contribution in [0, 0.1) is 0 Å². The fourth-order valence-corrected chi connectivity index (χ4v) is 2.90. The molecular weight excluding hydrogens is 351 g/mol. The SMILES string of the molecule is COc1ccccc1N1C(=O)C[C@H](Nc2ccc(Cl)c(Cl)c2)C1=O. The topological polar surface area (TPSA) is 58.6 Å². The van der Waals surface area contributed by atoms with E-state index in [2.05, 4.69) is 5.32 Å². The first kappa shape index (κ1) is 16.6. The number of hydrogen-bond acceptors (Lipinski definition) is 4. The summed E-state index contributed by atoms with van der Waals surface area (Å²) in [6, 6.07) is 11.2. The number of ether oxygens (including phenoxy) is 1. The van der Waals surface area contributed by atoms with Gasteiger partial charge in [0.15, 0.2) is 0 Å². The van der Waals surface area contributed by atoms with E-state index in [9.17, 15) is 9.59 Å². The van der Waals surface area contributed by atoms with Crippen molar-refractivity contribution in [1.29, 1.82) is 0 Å². The molecule has 2 aromatic rings. The molecule has 1 saturated heterocycles. The van der Waals surface area contributed by atoms with Gasteiger partial charge in [0, 0.05) is 5.69 Å². The molecule has 0 unspecified atom stereocenters. The molecule has 0 spiro atoms. The van der Waals surface area contributed by atoms with Crippen molar-refractivity contribution >= 4 is 46.4 Å². The Morgan fingerprint density at radius 3 is 2.58 bits per heavy atom. The van der Waals surface area contributed by atoms with Crippen LogP contribution >= 0.6 is 23.2 Å². The molecule has 2 amide bonds. The summed E-state index contributed by atoms with van der Waals surface area (Å²) in [5.74, 6) is -0.160. The van der Waals surface area contributed by atoms with Crippen molar-refractivity contribution in [2.24, 2.45) is 0 Å². The van der Waals surface area contributed by atoms with Gasteiger partial charge in [-0.2, -0.15) is 0 Å². The van der Waals surface area contributed by atoms with Crippen LogP contribution in [0.5, 0.6) is 5.75 Å². The molecule has 1 aliphatic heterocycles. The minimum atomic E-state index is -0.667. The number of carbonyl (C=O) groups excluding carboxylic acids is 2. The van der Waals surface area contributed by atoms with Crippen molar-refractivity contribution in [3.63, 3.8) is 0 Å². The monoisotopic (exact) mass is 364 g/mol. The molecule has 0 aliphatic carbocycles. The molecule has 1 heterocycles. The molecule has 24 heavy (non-hydrogen) atoms. The number of halogens is 2. The average molecular weight is 365 g/mol. The lowest BCUT2D eigenvalue weighted by Crippen LogP contribution is -2.35. The number of amides is 2. The van der Waals surface area contributed by atoms with Crippen LogP contribution in [0.4, 0.5) is 11.4 Å². The second-order valence-electron chi connectivity index (χ2n) is 5.27. The number of benzene rings is 2. The van der Waals surface area contributed by atoms with Crippen molar-refractivity contribution in [3.05, 3.63) is 52.5 Å². The van der Waals surface area contributed by atoms with Gasteiger partial charge in [-0.1, -0.05) is 35.3 Å². The fraction of sp³-hybridized carbons (Fsp3) is 0.176. The minimum Gasteiger partial charge on any atom is -0.495 e. The van der Waals surface area contributed by atoms with Crippen molar-refractivity contribution < 1.29 is 14.3 Å². The number of imide groups is 1. The molecule has 1 N–H and O–H groups in total. The van der Waals surface area contributed by atoms with E-state index >= 15 is 0 Å². The molecule has 1 atom stereocenters. The highest BCUT2D eigenvalue weighted by molar-refractivity contribution is 6.42. The Bertz CT molecular complexity index is 810. The van der Waals surface area contributed by atoms with Crippen molar-refractivity contribution in [3.8, 4) is 5.75 Å². The van der Waals surface area contributed by atoms with E-state index in [0.717, 1.165) is 4.90 Å². The number of para-hydroxylation sites is 2. The van der Waals surface area contributed by atoms with E-state index in [1.54, 1.807) is 42.5 Å². The normalized spacial score (nSPS) is 17.3. The van der Waals surface area contributed by atoms with Gasteiger partial charge >= 0.3 is 0 Å². The third kappa shape index (κ3) is 3.05. The third-order valence-corrected chi connectivity index (χ3v) is 4.47. The lowest BCUT2D eigenvalue weighted by molar-refractivity contribution is -0.121. The van der Waals surface area contributed by atoms with Gasteiger partial charge in [0.25, 0.3) is 5.91 Å². The van der Waals surface area contributed by atoms with Crippen LogP contribution in [0.15, 0.2) is 42.5 Å². The number of nitrogens with zero attached hydrogens (tertiary/aromatic N) is 1. The summed E-state index contributed by atoms with van der Waals surface area (Å²) in [7, 11) is 1.50. The van der Waals surface area contributed by atoms with Gasteiger partial charge in [-0.3, -0.25) is 9.59 Å². The molecule has 0 saturated carbocycles. The van der Waals surface area contributed by atoms with Crippen LogP contribution < -0.4 is 15.0 Å². The Hall–Kier alpha value is -2.24. The Morgan fingerprint density at radius 1 is 1.12 bits per heavy atom. The molecular formula is C17H14Cl2N2O3. The van der Waals surface area contributed by atoms with Gasteiger partial charge < -0.3 is 10.1 Å². The molecule has 1 aliphatic rings. The number of anilines is 2. The molecule has 1 fully saturated rings. The molecule has 124 valence electrons. The van der Waals surface area contributed by atoms with Gasteiger partial charge in [0.05, 0.1) is 29.3 Å². The molecule has 0 bridgehead atoms. The maximum absolute atomic E-state index is 12.7. The molecule has 0 radical (unpaired) electrons. The van der Waals surface area contributed by atoms with Crippen molar-refractivity contribution in [2.45, 2.75) is 12.5 Å². The Balaban J connectivity index is 1.85. The van der Waals surface area contributed by atoms with Gasteiger partial charge in [0.2, 0.25) is 5.91 Å². The Labute approximate surface area is 149 Å². The summed E-state index contributed by atoms with van der Waals surface area (Å²) in [5, 5.41) is 3.83. The van der Waals surface area contributed by atoms with Gasteiger partial charge in [-0.15, -0.1) is 0 Å². The van der Waals surface area contributed by atoms with Crippen LogP contribution in [0.2, 0.25) is 10.0 Å². The number of methoxy groups -OCH3 is 1. The zero-order valence-corrected chi connectivity index (χ0v) is 14.3. The second kappa shape index (κ2) is 6.71. The highest BCUT2D eigenvalue weighted by atomic mass is 35.5. The van der Waals surface area contributed by atoms with E-state index < -0.39 is 6.04 Å². The Morgan fingerprint density at radius 2 is 1.88 bits per heavy atom. The molecule has 3 rings (SSSR count). The van der Waals surface area contributed by atoms with Crippen molar-refractivity contribution in [2.75, 3.05) is 17.3 Å². The lowest BCUT2D eigenvalue weighted by atomic mass is 10.2. The fourth-order valence-electron chi connectivity index (χ4n) is 2.60. The first-order chi connectivity index (χ1) is 11.5. The van der Waals surface area contributed by atoms with E-state index in [0.29, 0.717) is 27.2 Å². The number of hydrogen-bond donors (Lipinski definition) is 1. The maximum Gasteiger partial charge on any atom is 0.256 e. The van der Waals surface area contributed by atoms with Gasteiger partial charge in [0.1, 0.15) is 11.8 Å².